The Morgan fingerprint density at radius 2 is 2.29 bits per heavy atom. The molecule has 1 rings (SSSR count). The average molecular weight is 198 g/mol. The van der Waals surface area contributed by atoms with Crippen molar-refractivity contribution >= 4 is 0 Å². The van der Waals surface area contributed by atoms with Crippen molar-refractivity contribution < 1.29 is 8.78 Å². The molecule has 0 aliphatic rings. The lowest BCUT2D eigenvalue weighted by atomic mass is 10.1. The van der Waals surface area contributed by atoms with Crippen molar-refractivity contribution in [1.29, 1.82) is 5.26 Å². The average Bonchev–Trinajstić information content (AvgIpc) is 2.12. The van der Waals surface area contributed by atoms with Crippen molar-refractivity contribution in [2.75, 3.05) is 0 Å². The maximum absolute atomic E-state index is 12.2. The maximum Gasteiger partial charge on any atom is 0.278 e. The first-order chi connectivity index (χ1) is 6.56. The minimum absolute atomic E-state index is 0.0323. The van der Waals surface area contributed by atoms with E-state index in [1.54, 1.807) is 0 Å². The molecule has 5 heteroatoms. The van der Waals surface area contributed by atoms with Gasteiger partial charge in [0.25, 0.3) is 12.0 Å². The van der Waals surface area contributed by atoms with E-state index in [1.807, 2.05) is 6.07 Å². The van der Waals surface area contributed by atoms with Crippen molar-refractivity contribution in [1.82, 2.24) is 4.98 Å². The normalized spacial score (nSPS) is 10.2. The van der Waals surface area contributed by atoms with E-state index in [0.717, 1.165) is 6.07 Å². The van der Waals surface area contributed by atoms with Crippen LogP contribution >= 0.6 is 0 Å². The third-order valence-electron chi connectivity index (χ3n) is 1.91. The third-order valence-corrected chi connectivity index (χ3v) is 1.91. The molecular weight excluding hydrogens is 190 g/mol. The molecule has 1 heterocycles. The van der Waals surface area contributed by atoms with Crippen LogP contribution in [0.5, 0.6) is 0 Å². The van der Waals surface area contributed by atoms with Gasteiger partial charge in [0.15, 0.2) is 0 Å². The summed E-state index contributed by atoms with van der Waals surface area (Å²) in [5.74, 6) is 0. The summed E-state index contributed by atoms with van der Waals surface area (Å²) in [7, 11) is 0. The molecule has 0 amide bonds. The second kappa shape index (κ2) is 4.01. The predicted molar refractivity (Wildman–Crippen MR) is 46.1 cm³/mol. The van der Waals surface area contributed by atoms with Gasteiger partial charge in [0.1, 0.15) is 0 Å². The summed E-state index contributed by atoms with van der Waals surface area (Å²) in [5, 5.41) is 8.41. The van der Waals surface area contributed by atoms with Crippen LogP contribution in [0.3, 0.4) is 0 Å². The number of aromatic nitrogens is 1. The van der Waals surface area contributed by atoms with E-state index in [0.29, 0.717) is 11.1 Å². The molecule has 0 atom stereocenters. The number of hydrogen-bond acceptors (Lipinski definition) is 2. The third kappa shape index (κ3) is 1.96. The number of pyridine rings is 1. The Labute approximate surface area is 79.0 Å². The van der Waals surface area contributed by atoms with Crippen molar-refractivity contribution in [3.05, 3.63) is 33.2 Å². The van der Waals surface area contributed by atoms with E-state index in [9.17, 15) is 13.6 Å². The first-order valence-corrected chi connectivity index (χ1v) is 3.94. The molecule has 0 fully saturated rings. The van der Waals surface area contributed by atoms with Crippen LogP contribution in [-0.2, 0) is 6.42 Å². The highest BCUT2D eigenvalue weighted by Crippen LogP contribution is 2.17. The first-order valence-electron chi connectivity index (χ1n) is 3.94. The quantitative estimate of drug-likeness (QED) is 0.786. The van der Waals surface area contributed by atoms with Crippen LogP contribution in [0.4, 0.5) is 8.78 Å². The van der Waals surface area contributed by atoms with E-state index >= 15 is 0 Å². The number of nitrogens with zero attached hydrogens (tertiary/aromatic N) is 1. The molecule has 0 saturated heterocycles. The molecule has 14 heavy (non-hydrogen) atoms. The summed E-state index contributed by atoms with van der Waals surface area (Å²) in [5.41, 5.74) is -0.332. The Morgan fingerprint density at radius 1 is 1.64 bits per heavy atom. The number of rotatable bonds is 2. The van der Waals surface area contributed by atoms with E-state index in [1.165, 1.54) is 6.92 Å². The van der Waals surface area contributed by atoms with Gasteiger partial charge >= 0.3 is 0 Å². The maximum atomic E-state index is 12.2. The molecular formula is C9H8F2N2O. The minimum atomic E-state index is -2.72. The number of H-pyrrole nitrogens is 1. The molecule has 3 nitrogen and oxygen atoms in total. The van der Waals surface area contributed by atoms with Gasteiger partial charge in [-0.05, 0) is 18.6 Å². The Morgan fingerprint density at radius 3 is 2.79 bits per heavy atom. The number of nitriles is 1. The summed E-state index contributed by atoms with van der Waals surface area (Å²) in [6.45, 7) is 1.50. The highest BCUT2D eigenvalue weighted by molar-refractivity contribution is 5.28. The fraction of sp³-hybridized carbons (Fsp3) is 0.333. The van der Waals surface area contributed by atoms with Crippen molar-refractivity contribution in [3.8, 4) is 6.07 Å². The highest BCUT2D eigenvalue weighted by Gasteiger charge is 2.12. The van der Waals surface area contributed by atoms with E-state index in [-0.39, 0.29) is 6.42 Å². The summed E-state index contributed by atoms with van der Waals surface area (Å²) in [6, 6.07) is 2.98. The van der Waals surface area contributed by atoms with Crippen molar-refractivity contribution in [2.45, 2.75) is 19.8 Å². The van der Waals surface area contributed by atoms with Crippen LogP contribution in [0.2, 0.25) is 0 Å². The van der Waals surface area contributed by atoms with Gasteiger partial charge in [-0.1, -0.05) is 0 Å². The molecule has 0 bridgehead atoms. The monoisotopic (exact) mass is 198 g/mol. The fourth-order valence-corrected chi connectivity index (χ4v) is 1.09. The van der Waals surface area contributed by atoms with Crippen LogP contribution in [-0.4, -0.2) is 4.98 Å². The number of hydrogen-bond donors (Lipinski definition) is 1. The zero-order valence-electron chi connectivity index (χ0n) is 7.47. The summed E-state index contributed by atoms with van der Waals surface area (Å²) in [6.07, 6.45) is -2.75. The Hall–Kier alpha value is -1.70. The minimum Gasteiger partial charge on any atom is -0.321 e. The smallest absolute Gasteiger partial charge is 0.278 e. The van der Waals surface area contributed by atoms with Gasteiger partial charge in [-0.25, -0.2) is 8.78 Å². The first kappa shape index (κ1) is 10.4. The molecule has 0 radical (unpaired) electrons. The summed E-state index contributed by atoms with van der Waals surface area (Å²) in [4.78, 5) is 13.2. The van der Waals surface area contributed by atoms with Crippen LogP contribution in [0.1, 0.15) is 23.2 Å². The number of alkyl halides is 2. The molecule has 74 valence electrons. The van der Waals surface area contributed by atoms with E-state index < -0.39 is 17.7 Å². The molecule has 0 aliphatic carbocycles. The second-order valence-corrected chi connectivity index (χ2v) is 2.84. The SMILES string of the molecule is Cc1c(CC#N)cc(C(F)F)[nH]c1=O. The molecule has 1 N–H and O–H groups in total. The van der Waals surface area contributed by atoms with Gasteiger partial charge in [0.2, 0.25) is 0 Å². The molecule has 1 aromatic rings. The van der Waals surface area contributed by atoms with Crippen LogP contribution in [0.15, 0.2) is 10.9 Å². The van der Waals surface area contributed by atoms with Gasteiger partial charge in [-0.3, -0.25) is 4.79 Å². The number of halogens is 2. The molecule has 0 saturated carbocycles. The van der Waals surface area contributed by atoms with Gasteiger partial charge in [-0.15, -0.1) is 0 Å². The lowest BCUT2D eigenvalue weighted by Crippen LogP contribution is -2.15. The largest absolute Gasteiger partial charge is 0.321 e. The molecule has 0 aromatic carbocycles. The predicted octanol–water partition coefficient (Wildman–Crippen LogP) is 1.69. The van der Waals surface area contributed by atoms with Crippen LogP contribution in [0.25, 0.3) is 0 Å². The lowest BCUT2D eigenvalue weighted by Gasteiger charge is -2.04. The fourth-order valence-electron chi connectivity index (χ4n) is 1.09. The standard InChI is InChI=1S/C9H8F2N2O/c1-5-6(2-3-12)4-7(8(10)11)13-9(5)14/h4,8H,2H2,1H3,(H,13,14). The number of aromatic amines is 1. The summed E-state index contributed by atoms with van der Waals surface area (Å²) >= 11 is 0. The van der Waals surface area contributed by atoms with Gasteiger partial charge in [-0.2, -0.15) is 5.26 Å². The van der Waals surface area contributed by atoms with Gasteiger partial charge < -0.3 is 4.98 Å². The van der Waals surface area contributed by atoms with Gasteiger partial charge in [0, 0.05) is 5.56 Å². The Bertz CT molecular complexity index is 431. The highest BCUT2D eigenvalue weighted by atomic mass is 19.3. The zero-order valence-corrected chi connectivity index (χ0v) is 7.47. The Kier molecular flexibility index (Phi) is 2.97. The second-order valence-electron chi connectivity index (χ2n) is 2.84. The summed E-state index contributed by atoms with van der Waals surface area (Å²) < 4.78 is 24.5. The van der Waals surface area contributed by atoms with E-state index in [4.69, 9.17) is 5.26 Å². The topological polar surface area (TPSA) is 56.6 Å². The van der Waals surface area contributed by atoms with Crippen molar-refractivity contribution in [2.24, 2.45) is 0 Å². The zero-order chi connectivity index (χ0) is 10.7. The molecule has 1 aromatic heterocycles. The van der Waals surface area contributed by atoms with E-state index in [2.05, 4.69) is 4.98 Å². The van der Waals surface area contributed by atoms with Crippen LogP contribution in [0, 0.1) is 18.3 Å². The van der Waals surface area contributed by atoms with Crippen molar-refractivity contribution in [3.63, 3.8) is 0 Å². The lowest BCUT2D eigenvalue weighted by molar-refractivity contribution is 0.145. The molecule has 0 unspecified atom stereocenters. The number of nitrogens with one attached hydrogen (secondary N) is 1. The van der Waals surface area contributed by atoms with Crippen LogP contribution < -0.4 is 5.56 Å². The van der Waals surface area contributed by atoms with Gasteiger partial charge in [0.05, 0.1) is 18.2 Å². The molecule has 0 spiro atoms. The molecule has 0 aliphatic heterocycles. The Balaban J connectivity index is 3.30.